The first-order valence-electron chi connectivity index (χ1n) is 5.14. The SMILES string of the molecule is O=C(NCCNC1CC1)c1cnccn1. The molecule has 1 fully saturated rings. The van der Waals surface area contributed by atoms with Gasteiger partial charge in [-0.1, -0.05) is 0 Å². The van der Waals surface area contributed by atoms with E-state index >= 15 is 0 Å². The largest absolute Gasteiger partial charge is 0.349 e. The van der Waals surface area contributed by atoms with E-state index in [2.05, 4.69) is 20.6 Å². The molecule has 0 bridgehead atoms. The fourth-order valence-electron chi connectivity index (χ4n) is 1.25. The third kappa shape index (κ3) is 3.28. The summed E-state index contributed by atoms with van der Waals surface area (Å²) in [6.45, 7) is 1.45. The average Bonchev–Trinajstić information content (AvgIpc) is 3.09. The van der Waals surface area contributed by atoms with Gasteiger partial charge in [0.05, 0.1) is 6.20 Å². The van der Waals surface area contributed by atoms with Gasteiger partial charge in [0.25, 0.3) is 5.91 Å². The number of hydrogen-bond donors (Lipinski definition) is 2. The molecule has 2 rings (SSSR count). The number of nitrogens with zero attached hydrogens (tertiary/aromatic N) is 2. The van der Waals surface area contributed by atoms with Gasteiger partial charge in [-0.2, -0.15) is 0 Å². The van der Waals surface area contributed by atoms with Gasteiger partial charge in [-0.25, -0.2) is 4.98 Å². The normalized spacial score (nSPS) is 14.9. The highest BCUT2D eigenvalue weighted by Crippen LogP contribution is 2.17. The van der Waals surface area contributed by atoms with E-state index in [1.807, 2.05) is 0 Å². The average molecular weight is 206 g/mol. The van der Waals surface area contributed by atoms with Crippen molar-refractivity contribution in [3.63, 3.8) is 0 Å². The zero-order valence-electron chi connectivity index (χ0n) is 8.44. The van der Waals surface area contributed by atoms with Crippen molar-refractivity contribution in [2.24, 2.45) is 0 Å². The summed E-state index contributed by atoms with van der Waals surface area (Å²) in [6.07, 6.45) is 7.04. The van der Waals surface area contributed by atoms with Gasteiger partial charge in [0.1, 0.15) is 5.69 Å². The Kier molecular flexibility index (Phi) is 3.24. The van der Waals surface area contributed by atoms with Gasteiger partial charge < -0.3 is 10.6 Å². The maximum Gasteiger partial charge on any atom is 0.271 e. The van der Waals surface area contributed by atoms with Crippen molar-refractivity contribution in [2.45, 2.75) is 18.9 Å². The molecular weight excluding hydrogens is 192 g/mol. The van der Waals surface area contributed by atoms with Crippen LogP contribution in [0.2, 0.25) is 0 Å². The molecule has 2 N–H and O–H groups in total. The molecule has 1 aromatic rings. The number of rotatable bonds is 5. The summed E-state index contributed by atoms with van der Waals surface area (Å²) >= 11 is 0. The Balaban J connectivity index is 1.67. The van der Waals surface area contributed by atoms with Gasteiger partial charge in [-0.3, -0.25) is 9.78 Å². The van der Waals surface area contributed by atoms with Crippen LogP contribution < -0.4 is 10.6 Å². The van der Waals surface area contributed by atoms with Crippen molar-refractivity contribution in [1.29, 1.82) is 0 Å². The Bertz CT molecular complexity index is 323. The maximum absolute atomic E-state index is 11.5. The Morgan fingerprint density at radius 2 is 2.27 bits per heavy atom. The van der Waals surface area contributed by atoms with E-state index in [1.54, 1.807) is 6.20 Å². The van der Waals surface area contributed by atoms with Gasteiger partial charge in [0.15, 0.2) is 0 Å². The highest BCUT2D eigenvalue weighted by Gasteiger charge is 2.19. The van der Waals surface area contributed by atoms with E-state index in [0.717, 1.165) is 6.54 Å². The molecular formula is C10H14N4O. The summed E-state index contributed by atoms with van der Waals surface area (Å²) in [4.78, 5) is 19.2. The van der Waals surface area contributed by atoms with Gasteiger partial charge in [-0.15, -0.1) is 0 Å². The van der Waals surface area contributed by atoms with Crippen LogP contribution in [0, 0.1) is 0 Å². The van der Waals surface area contributed by atoms with Crippen LogP contribution in [0.25, 0.3) is 0 Å². The molecule has 0 radical (unpaired) electrons. The first-order valence-corrected chi connectivity index (χ1v) is 5.14. The summed E-state index contributed by atoms with van der Waals surface area (Å²) in [6, 6.07) is 0.679. The lowest BCUT2D eigenvalue weighted by atomic mass is 10.4. The van der Waals surface area contributed by atoms with Gasteiger partial charge in [0, 0.05) is 31.5 Å². The lowest BCUT2D eigenvalue weighted by molar-refractivity contribution is 0.0948. The molecule has 5 heteroatoms. The van der Waals surface area contributed by atoms with Gasteiger partial charge in [-0.05, 0) is 12.8 Å². The molecule has 0 spiro atoms. The second-order valence-corrected chi connectivity index (χ2v) is 3.57. The highest BCUT2D eigenvalue weighted by atomic mass is 16.1. The number of nitrogens with one attached hydrogen (secondary N) is 2. The second kappa shape index (κ2) is 4.84. The predicted octanol–water partition coefficient (Wildman–Crippen LogP) is -0.0416. The van der Waals surface area contributed by atoms with E-state index < -0.39 is 0 Å². The summed E-state index contributed by atoms with van der Waals surface area (Å²) in [5, 5.41) is 6.09. The van der Waals surface area contributed by atoms with Crippen LogP contribution in [0.5, 0.6) is 0 Å². The molecule has 1 amide bonds. The van der Waals surface area contributed by atoms with E-state index in [0.29, 0.717) is 18.3 Å². The zero-order chi connectivity index (χ0) is 10.5. The molecule has 1 heterocycles. The molecule has 5 nitrogen and oxygen atoms in total. The molecule has 1 aromatic heterocycles. The topological polar surface area (TPSA) is 66.9 Å². The van der Waals surface area contributed by atoms with Gasteiger partial charge >= 0.3 is 0 Å². The van der Waals surface area contributed by atoms with Crippen molar-refractivity contribution >= 4 is 5.91 Å². The minimum Gasteiger partial charge on any atom is -0.349 e. The van der Waals surface area contributed by atoms with Gasteiger partial charge in [0.2, 0.25) is 0 Å². The summed E-state index contributed by atoms with van der Waals surface area (Å²) < 4.78 is 0. The fourth-order valence-corrected chi connectivity index (χ4v) is 1.25. The third-order valence-corrected chi connectivity index (χ3v) is 2.22. The van der Waals surface area contributed by atoms with Crippen molar-refractivity contribution in [2.75, 3.05) is 13.1 Å². The number of hydrogen-bond acceptors (Lipinski definition) is 4. The molecule has 0 saturated heterocycles. The Morgan fingerprint density at radius 3 is 2.93 bits per heavy atom. The van der Waals surface area contributed by atoms with Crippen LogP contribution in [-0.4, -0.2) is 35.0 Å². The van der Waals surface area contributed by atoms with E-state index in [-0.39, 0.29) is 5.91 Å². The molecule has 0 aromatic carbocycles. The van der Waals surface area contributed by atoms with Crippen molar-refractivity contribution in [3.05, 3.63) is 24.3 Å². The molecule has 80 valence electrons. The highest BCUT2D eigenvalue weighted by molar-refractivity contribution is 5.91. The van der Waals surface area contributed by atoms with Crippen molar-refractivity contribution in [1.82, 2.24) is 20.6 Å². The van der Waals surface area contributed by atoms with Crippen molar-refractivity contribution in [3.8, 4) is 0 Å². The molecule has 1 aliphatic rings. The van der Waals surface area contributed by atoms with Crippen LogP contribution in [0.1, 0.15) is 23.3 Å². The Hall–Kier alpha value is -1.49. The molecule has 1 aliphatic carbocycles. The zero-order valence-corrected chi connectivity index (χ0v) is 8.44. The minimum atomic E-state index is -0.166. The summed E-state index contributed by atoms with van der Waals surface area (Å²) in [7, 11) is 0. The van der Waals surface area contributed by atoms with E-state index in [4.69, 9.17) is 0 Å². The predicted molar refractivity (Wildman–Crippen MR) is 55.4 cm³/mol. The maximum atomic E-state index is 11.5. The van der Waals surface area contributed by atoms with E-state index in [9.17, 15) is 4.79 Å². The smallest absolute Gasteiger partial charge is 0.271 e. The molecule has 0 aliphatic heterocycles. The Labute approximate surface area is 88.3 Å². The van der Waals surface area contributed by atoms with Crippen LogP contribution in [0.3, 0.4) is 0 Å². The molecule has 0 unspecified atom stereocenters. The van der Waals surface area contributed by atoms with Crippen LogP contribution >= 0.6 is 0 Å². The lowest BCUT2D eigenvalue weighted by Crippen LogP contribution is -2.33. The quantitative estimate of drug-likeness (QED) is 0.663. The standard InChI is InChI=1S/C10H14N4O/c15-10(9-7-11-3-4-13-9)14-6-5-12-8-1-2-8/h3-4,7-8,12H,1-2,5-6H2,(H,14,15). The molecule has 1 saturated carbocycles. The minimum absolute atomic E-state index is 0.166. The fraction of sp³-hybridized carbons (Fsp3) is 0.500. The number of carbonyl (C=O) groups excluding carboxylic acids is 1. The molecule has 0 atom stereocenters. The van der Waals surface area contributed by atoms with Crippen LogP contribution in [0.4, 0.5) is 0 Å². The monoisotopic (exact) mass is 206 g/mol. The van der Waals surface area contributed by atoms with Crippen molar-refractivity contribution < 1.29 is 4.79 Å². The lowest BCUT2D eigenvalue weighted by Gasteiger charge is -2.04. The third-order valence-electron chi connectivity index (χ3n) is 2.22. The Morgan fingerprint density at radius 1 is 1.40 bits per heavy atom. The first kappa shape index (κ1) is 10.0. The summed E-state index contributed by atoms with van der Waals surface area (Å²) in [5.74, 6) is -0.166. The molecule has 15 heavy (non-hydrogen) atoms. The number of amides is 1. The van der Waals surface area contributed by atoms with Crippen LogP contribution in [0.15, 0.2) is 18.6 Å². The van der Waals surface area contributed by atoms with Crippen LogP contribution in [-0.2, 0) is 0 Å². The number of carbonyl (C=O) groups is 1. The summed E-state index contributed by atoms with van der Waals surface area (Å²) in [5.41, 5.74) is 0.365. The first-order chi connectivity index (χ1) is 7.36. The van der Waals surface area contributed by atoms with E-state index in [1.165, 1.54) is 25.2 Å². The second-order valence-electron chi connectivity index (χ2n) is 3.57. The number of aromatic nitrogens is 2.